The molecule has 0 aromatic heterocycles. The van der Waals surface area contributed by atoms with E-state index in [1.807, 2.05) is 6.92 Å². The number of hydrogen-bond donors (Lipinski definition) is 2. The molecule has 2 rings (SSSR count). The van der Waals surface area contributed by atoms with Crippen molar-refractivity contribution < 1.29 is 8.42 Å². The topological polar surface area (TPSA) is 75.4 Å². The fourth-order valence-electron chi connectivity index (χ4n) is 3.38. The molecule has 2 aliphatic carbocycles. The summed E-state index contributed by atoms with van der Waals surface area (Å²) in [6.07, 6.45) is 5.92. The number of rotatable bonds is 6. The second kappa shape index (κ2) is 5.68. The summed E-state index contributed by atoms with van der Waals surface area (Å²) in [6, 6.07) is 0.148. The quantitative estimate of drug-likeness (QED) is 0.772. The fourth-order valence-corrected chi connectivity index (χ4v) is 5.26. The molecule has 6 heteroatoms. The Morgan fingerprint density at radius 1 is 1.37 bits per heavy atom. The van der Waals surface area contributed by atoms with Crippen LogP contribution >= 0.6 is 0 Å². The predicted molar refractivity (Wildman–Crippen MR) is 76.9 cm³/mol. The van der Waals surface area contributed by atoms with Crippen LogP contribution in [0.25, 0.3) is 0 Å². The summed E-state index contributed by atoms with van der Waals surface area (Å²) in [4.78, 5) is 0. The molecule has 0 heterocycles. The van der Waals surface area contributed by atoms with Crippen molar-refractivity contribution in [2.45, 2.75) is 64.0 Å². The fraction of sp³-hybridized carbons (Fsp3) is 1.00. The van der Waals surface area contributed by atoms with E-state index >= 15 is 0 Å². The lowest BCUT2D eigenvalue weighted by atomic mass is 9.76. The molecule has 0 aromatic rings. The van der Waals surface area contributed by atoms with Gasteiger partial charge in [0.25, 0.3) is 10.2 Å². The summed E-state index contributed by atoms with van der Waals surface area (Å²) in [5.41, 5.74) is 5.60. The molecule has 2 fully saturated rings. The minimum absolute atomic E-state index is 0.148. The monoisotopic (exact) mass is 289 g/mol. The van der Waals surface area contributed by atoms with Gasteiger partial charge in [0.1, 0.15) is 0 Å². The molecule has 0 bridgehead atoms. The first-order valence-electron chi connectivity index (χ1n) is 7.43. The summed E-state index contributed by atoms with van der Waals surface area (Å²) in [5.74, 6) is 0.544. The molecule has 112 valence electrons. The van der Waals surface area contributed by atoms with Crippen LogP contribution in [0.5, 0.6) is 0 Å². The number of nitrogens with two attached hydrogens (primary N) is 1. The van der Waals surface area contributed by atoms with Crippen LogP contribution in [0.4, 0.5) is 0 Å². The predicted octanol–water partition coefficient (Wildman–Crippen LogP) is 1.21. The van der Waals surface area contributed by atoms with Crippen LogP contribution in [0.15, 0.2) is 0 Å². The van der Waals surface area contributed by atoms with Gasteiger partial charge in [0.05, 0.1) is 0 Å². The maximum absolute atomic E-state index is 12.5. The zero-order valence-electron chi connectivity index (χ0n) is 12.1. The highest BCUT2D eigenvalue weighted by Crippen LogP contribution is 2.37. The minimum atomic E-state index is -3.40. The van der Waals surface area contributed by atoms with Gasteiger partial charge in [-0.25, -0.2) is 0 Å². The maximum atomic E-state index is 12.5. The molecule has 5 nitrogen and oxygen atoms in total. The molecule has 19 heavy (non-hydrogen) atoms. The first-order valence-corrected chi connectivity index (χ1v) is 8.87. The van der Waals surface area contributed by atoms with E-state index in [2.05, 4.69) is 11.6 Å². The lowest BCUT2D eigenvalue weighted by molar-refractivity contribution is 0.111. The van der Waals surface area contributed by atoms with E-state index in [1.165, 1.54) is 6.42 Å². The van der Waals surface area contributed by atoms with Crippen molar-refractivity contribution in [2.24, 2.45) is 11.7 Å². The van der Waals surface area contributed by atoms with Gasteiger partial charge in [-0.05, 0) is 31.6 Å². The van der Waals surface area contributed by atoms with Gasteiger partial charge in [-0.3, -0.25) is 0 Å². The van der Waals surface area contributed by atoms with E-state index < -0.39 is 10.2 Å². The van der Waals surface area contributed by atoms with Crippen molar-refractivity contribution in [3.63, 3.8) is 0 Å². The first kappa shape index (κ1) is 15.2. The van der Waals surface area contributed by atoms with Crippen LogP contribution in [0.1, 0.15) is 52.4 Å². The van der Waals surface area contributed by atoms with Crippen molar-refractivity contribution in [1.82, 2.24) is 9.03 Å². The third-order valence-corrected chi connectivity index (χ3v) is 6.30. The lowest BCUT2D eigenvalue weighted by Gasteiger charge is -2.46. The lowest BCUT2D eigenvalue weighted by Crippen LogP contribution is -2.60. The van der Waals surface area contributed by atoms with Crippen molar-refractivity contribution in [3.05, 3.63) is 0 Å². The minimum Gasteiger partial charge on any atom is -0.329 e. The van der Waals surface area contributed by atoms with Crippen LogP contribution in [0.3, 0.4) is 0 Å². The third kappa shape index (κ3) is 3.29. The SMILES string of the molecule is CCN(C1(CN)CCCC(C)C1)S(=O)(=O)NC1CC1. The Morgan fingerprint density at radius 3 is 2.53 bits per heavy atom. The Labute approximate surface area is 117 Å². The molecule has 3 N–H and O–H groups in total. The van der Waals surface area contributed by atoms with Crippen LogP contribution in [-0.4, -0.2) is 37.4 Å². The standard InChI is InChI=1S/C13H27N3O2S/c1-3-16(19(17,18)15-12-6-7-12)13(10-14)8-4-5-11(2)9-13/h11-12,15H,3-10,14H2,1-2H3. The molecule has 2 saturated carbocycles. The Kier molecular flexibility index (Phi) is 4.55. The average molecular weight is 289 g/mol. The van der Waals surface area contributed by atoms with Gasteiger partial charge >= 0.3 is 0 Å². The molecule has 0 aliphatic heterocycles. The number of nitrogens with zero attached hydrogens (tertiary/aromatic N) is 1. The van der Waals surface area contributed by atoms with E-state index in [1.54, 1.807) is 4.31 Å². The smallest absolute Gasteiger partial charge is 0.280 e. The van der Waals surface area contributed by atoms with Gasteiger partial charge in [0, 0.05) is 24.7 Å². The highest BCUT2D eigenvalue weighted by molar-refractivity contribution is 7.87. The van der Waals surface area contributed by atoms with Crippen molar-refractivity contribution in [1.29, 1.82) is 0 Å². The second-order valence-corrected chi connectivity index (χ2v) is 7.82. The summed E-state index contributed by atoms with van der Waals surface area (Å²) in [6.45, 7) is 5.00. The molecule has 0 saturated heterocycles. The van der Waals surface area contributed by atoms with Gasteiger partial charge < -0.3 is 5.73 Å². The van der Waals surface area contributed by atoms with Crippen LogP contribution in [0.2, 0.25) is 0 Å². The van der Waals surface area contributed by atoms with Crippen molar-refractivity contribution in [3.8, 4) is 0 Å². The highest BCUT2D eigenvalue weighted by Gasteiger charge is 2.45. The van der Waals surface area contributed by atoms with Gasteiger partial charge in [-0.1, -0.05) is 26.7 Å². The molecule has 0 spiro atoms. The van der Waals surface area contributed by atoms with Crippen molar-refractivity contribution >= 4 is 10.2 Å². The Morgan fingerprint density at radius 2 is 2.05 bits per heavy atom. The molecule has 0 radical (unpaired) electrons. The Balaban J connectivity index is 2.21. The van der Waals surface area contributed by atoms with Crippen molar-refractivity contribution in [2.75, 3.05) is 13.1 Å². The van der Waals surface area contributed by atoms with Crippen LogP contribution < -0.4 is 10.5 Å². The molecular weight excluding hydrogens is 262 g/mol. The molecular formula is C13H27N3O2S. The van der Waals surface area contributed by atoms with E-state index in [9.17, 15) is 8.42 Å². The van der Waals surface area contributed by atoms with E-state index in [0.29, 0.717) is 19.0 Å². The third-order valence-electron chi connectivity index (χ3n) is 4.45. The summed E-state index contributed by atoms with van der Waals surface area (Å²) in [5, 5.41) is 0. The highest BCUT2D eigenvalue weighted by atomic mass is 32.2. The number of likely N-dealkylation sites (N-methyl/N-ethyl adjacent to an activating group) is 1. The van der Waals surface area contributed by atoms with Gasteiger partial charge in [0.15, 0.2) is 0 Å². The molecule has 2 aliphatic rings. The molecule has 2 atom stereocenters. The van der Waals surface area contributed by atoms with Gasteiger partial charge in [0.2, 0.25) is 0 Å². The molecule has 2 unspecified atom stereocenters. The van der Waals surface area contributed by atoms with Gasteiger partial charge in [-0.15, -0.1) is 0 Å². The zero-order valence-corrected chi connectivity index (χ0v) is 12.9. The number of nitrogens with one attached hydrogen (secondary N) is 1. The number of hydrogen-bond acceptors (Lipinski definition) is 3. The van der Waals surface area contributed by atoms with E-state index in [4.69, 9.17) is 5.73 Å². The van der Waals surface area contributed by atoms with Crippen LogP contribution in [0, 0.1) is 5.92 Å². The van der Waals surface area contributed by atoms with E-state index in [-0.39, 0.29) is 11.6 Å². The Hall–Kier alpha value is -0.170. The normalized spacial score (nSPS) is 32.7. The molecule has 0 amide bonds. The average Bonchev–Trinajstić information content (AvgIpc) is 3.12. The van der Waals surface area contributed by atoms with E-state index in [0.717, 1.165) is 32.1 Å². The maximum Gasteiger partial charge on any atom is 0.280 e. The Bertz CT molecular complexity index is 408. The summed E-state index contributed by atoms with van der Waals surface area (Å²) in [7, 11) is -3.40. The zero-order chi connectivity index (χ0) is 14.1. The first-order chi connectivity index (χ1) is 8.93. The summed E-state index contributed by atoms with van der Waals surface area (Å²) >= 11 is 0. The second-order valence-electron chi connectivity index (χ2n) is 6.19. The van der Waals surface area contributed by atoms with Gasteiger partial charge in [-0.2, -0.15) is 17.4 Å². The van der Waals surface area contributed by atoms with Crippen LogP contribution in [-0.2, 0) is 10.2 Å². The largest absolute Gasteiger partial charge is 0.329 e. The summed E-state index contributed by atoms with van der Waals surface area (Å²) < 4.78 is 29.5. The molecule has 0 aromatic carbocycles.